The average molecular weight is 268 g/mol. The lowest BCUT2D eigenvalue weighted by Crippen LogP contribution is -2.33. The summed E-state index contributed by atoms with van der Waals surface area (Å²) >= 11 is 0. The molecule has 1 unspecified atom stereocenters. The van der Waals surface area contributed by atoms with Crippen molar-refractivity contribution in [2.45, 2.75) is 25.9 Å². The highest BCUT2D eigenvalue weighted by Crippen LogP contribution is 2.33. The maximum absolute atomic E-state index is 10.0. The molecule has 1 atom stereocenters. The first kappa shape index (κ1) is 13.0. The fraction of sp³-hybridized carbons (Fsp3) is 0.294. The first-order valence-corrected chi connectivity index (χ1v) is 7.05. The number of hydrogen-bond donors (Lipinski definition) is 2. The third-order valence-electron chi connectivity index (χ3n) is 4.27. The van der Waals surface area contributed by atoms with Gasteiger partial charge in [-0.3, -0.25) is 4.90 Å². The number of benzene rings is 2. The van der Waals surface area contributed by atoms with Crippen molar-refractivity contribution in [3.63, 3.8) is 0 Å². The maximum atomic E-state index is 10.0. The van der Waals surface area contributed by atoms with Gasteiger partial charge in [-0.05, 0) is 36.6 Å². The van der Waals surface area contributed by atoms with E-state index < -0.39 is 0 Å². The first-order chi connectivity index (χ1) is 9.66. The van der Waals surface area contributed by atoms with Crippen molar-refractivity contribution < 1.29 is 5.11 Å². The van der Waals surface area contributed by atoms with E-state index in [1.807, 2.05) is 30.3 Å². The Morgan fingerprint density at radius 1 is 1.15 bits per heavy atom. The molecule has 0 radical (unpaired) electrons. The van der Waals surface area contributed by atoms with Crippen LogP contribution in [0.4, 0.5) is 5.69 Å². The minimum absolute atomic E-state index is 0.200. The third kappa shape index (κ3) is 2.25. The molecule has 3 nitrogen and oxygen atoms in total. The first-order valence-electron chi connectivity index (χ1n) is 7.05. The predicted octanol–water partition coefficient (Wildman–Crippen LogP) is 3.09. The smallest absolute Gasteiger partial charge is 0.120 e. The fourth-order valence-electron chi connectivity index (χ4n) is 3.03. The number of phenols is 1. The van der Waals surface area contributed by atoms with Crippen LogP contribution in [0.25, 0.3) is 0 Å². The van der Waals surface area contributed by atoms with Crippen LogP contribution >= 0.6 is 0 Å². The van der Waals surface area contributed by atoms with Crippen LogP contribution in [0.2, 0.25) is 0 Å². The molecule has 0 spiro atoms. The number of rotatable bonds is 2. The summed E-state index contributed by atoms with van der Waals surface area (Å²) in [4.78, 5) is 2.39. The van der Waals surface area contributed by atoms with E-state index in [9.17, 15) is 5.11 Å². The zero-order valence-corrected chi connectivity index (χ0v) is 11.7. The second kappa shape index (κ2) is 5.17. The molecule has 20 heavy (non-hydrogen) atoms. The van der Waals surface area contributed by atoms with E-state index in [2.05, 4.69) is 17.9 Å². The van der Waals surface area contributed by atoms with Gasteiger partial charge in [0.05, 0.1) is 0 Å². The highest BCUT2D eigenvalue weighted by Gasteiger charge is 2.23. The lowest BCUT2D eigenvalue weighted by atomic mass is 9.95. The van der Waals surface area contributed by atoms with Gasteiger partial charge in [-0.2, -0.15) is 0 Å². The summed E-state index contributed by atoms with van der Waals surface area (Å²) in [5.74, 6) is 0.373. The van der Waals surface area contributed by atoms with Crippen LogP contribution in [0.1, 0.15) is 29.7 Å². The van der Waals surface area contributed by atoms with Crippen molar-refractivity contribution >= 4 is 5.69 Å². The molecule has 1 aliphatic heterocycles. The Labute approximate surface area is 119 Å². The standard InChI is InChI=1S/C17H20N2O/c1-12(14-6-2-3-8-17(14)20)19-10-9-15-13(11-19)5-4-7-16(15)18/h2-8,12,20H,9-11,18H2,1H3. The summed E-state index contributed by atoms with van der Waals surface area (Å²) < 4.78 is 0. The lowest BCUT2D eigenvalue weighted by Gasteiger charge is -2.34. The van der Waals surface area contributed by atoms with Crippen LogP contribution in [0.15, 0.2) is 42.5 Å². The summed E-state index contributed by atoms with van der Waals surface area (Å²) in [6.07, 6.45) is 0.972. The molecular weight excluding hydrogens is 248 g/mol. The van der Waals surface area contributed by atoms with Gasteiger partial charge < -0.3 is 10.8 Å². The Bertz CT molecular complexity index is 624. The monoisotopic (exact) mass is 268 g/mol. The van der Waals surface area contributed by atoms with Crippen molar-refractivity contribution in [3.8, 4) is 5.75 Å². The second-order valence-electron chi connectivity index (χ2n) is 5.44. The van der Waals surface area contributed by atoms with Gasteiger partial charge in [0, 0.05) is 30.4 Å². The summed E-state index contributed by atoms with van der Waals surface area (Å²) in [6.45, 7) is 4.00. The van der Waals surface area contributed by atoms with Crippen molar-refractivity contribution in [3.05, 3.63) is 59.2 Å². The van der Waals surface area contributed by atoms with Gasteiger partial charge in [0.1, 0.15) is 5.75 Å². The number of aromatic hydroxyl groups is 1. The predicted molar refractivity (Wildman–Crippen MR) is 81.5 cm³/mol. The van der Waals surface area contributed by atoms with E-state index in [-0.39, 0.29) is 6.04 Å². The van der Waals surface area contributed by atoms with E-state index in [4.69, 9.17) is 5.73 Å². The van der Waals surface area contributed by atoms with E-state index >= 15 is 0 Å². The Morgan fingerprint density at radius 2 is 1.95 bits per heavy atom. The van der Waals surface area contributed by atoms with Gasteiger partial charge >= 0.3 is 0 Å². The molecule has 3 N–H and O–H groups in total. The Balaban J connectivity index is 1.85. The molecule has 0 saturated heterocycles. The molecule has 2 aromatic rings. The van der Waals surface area contributed by atoms with E-state index in [1.165, 1.54) is 11.1 Å². The molecule has 3 rings (SSSR count). The number of hydrogen-bond acceptors (Lipinski definition) is 3. The number of nitrogens with two attached hydrogens (primary N) is 1. The Kier molecular flexibility index (Phi) is 3.36. The van der Waals surface area contributed by atoms with Crippen LogP contribution in [-0.4, -0.2) is 16.6 Å². The zero-order chi connectivity index (χ0) is 14.1. The fourth-order valence-corrected chi connectivity index (χ4v) is 3.03. The molecule has 0 aliphatic carbocycles. The van der Waals surface area contributed by atoms with Gasteiger partial charge in [-0.25, -0.2) is 0 Å². The molecule has 104 valence electrons. The van der Waals surface area contributed by atoms with Crippen molar-refractivity contribution in [1.29, 1.82) is 0 Å². The summed E-state index contributed by atoms with van der Waals surface area (Å²) in [5.41, 5.74) is 10.5. The van der Waals surface area contributed by atoms with E-state index in [0.29, 0.717) is 5.75 Å². The quantitative estimate of drug-likeness (QED) is 0.823. The molecule has 3 heteroatoms. The molecule has 0 amide bonds. The van der Waals surface area contributed by atoms with Gasteiger partial charge in [-0.15, -0.1) is 0 Å². The van der Waals surface area contributed by atoms with Crippen LogP contribution in [-0.2, 0) is 13.0 Å². The molecule has 0 saturated carbocycles. The summed E-state index contributed by atoms with van der Waals surface area (Å²) in [5, 5.41) is 10.0. The Morgan fingerprint density at radius 3 is 2.75 bits per heavy atom. The van der Waals surface area contributed by atoms with Gasteiger partial charge in [0.2, 0.25) is 0 Å². The number of nitrogen functional groups attached to an aromatic ring is 1. The van der Waals surface area contributed by atoms with E-state index in [1.54, 1.807) is 6.07 Å². The molecule has 1 aliphatic rings. The molecule has 1 heterocycles. The molecule has 0 bridgehead atoms. The maximum Gasteiger partial charge on any atom is 0.120 e. The number of nitrogens with zero attached hydrogens (tertiary/aromatic N) is 1. The lowest BCUT2D eigenvalue weighted by molar-refractivity contribution is 0.189. The minimum atomic E-state index is 0.200. The van der Waals surface area contributed by atoms with Crippen molar-refractivity contribution in [1.82, 2.24) is 4.90 Å². The third-order valence-corrected chi connectivity index (χ3v) is 4.27. The van der Waals surface area contributed by atoms with Gasteiger partial charge in [0.25, 0.3) is 0 Å². The highest BCUT2D eigenvalue weighted by atomic mass is 16.3. The van der Waals surface area contributed by atoms with Crippen molar-refractivity contribution in [2.75, 3.05) is 12.3 Å². The molecule has 2 aromatic carbocycles. The van der Waals surface area contributed by atoms with Crippen LogP contribution in [0, 0.1) is 0 Å². The molecule has 0 aromatic heterocycles. The largest absolute Gasteiger partial charge is 0.508 e. The van der Waals surface area contributed by atoms with Crippen LogP contribution in [0.5, 0.6) is 5.75 Å². The van der Waals surface area contributed by atoms with Crippen LogP contribution < -0.4 is 5.73 Å². The minimum Gasteiger partial charge on any atom is -0.508 e. The average Bonchev–Trinajstić information content (AvgIpc) is 2.47. The zero-order valence-electron chi connectivity index (χ0n) is 11.7. The van der Waals surface area contributed by atoms with Crippen LogP contribution in [0.3, 0.4) is 0 Å². The highest BCUT2D eigenvalue weighted by molar-refractivity contribution is 5.52. The molecular formula is C17H20N2O. The van der Waals surface area contributed by atoms with Gasteiger partial charge in [0.15, 0.2) is 0 Å². The summed E-state index contributed by atoms with van der Waals surface area (Å²) in [7, 11) is 0. The van der Waals surface area contributed by atoms with Crippen molar-refractivity contribution in [2.24, 2.45) is 0 Å². The number of para-hydroxylation sites is 1. The van der Waals surface area contributed by atoms with E-state index in [0.717, 1.165) is 30.8 Å². The number of anilines is 1. The van der Waals surface area contributed by atoms with Gasteiger partial charge in [-0.1, -0.05) is 30.3 Å². The summed E-state index contributed by atoms with van der Waals surface area (Å²) in [6, 6.07) is 13.9. The molecule has 0 fully saturated rings. The SMILES string of the molecule is CC(c1ccccc1O)N1CCc2c(N)cccc2C1. The number of fused-ring (bicyclic) bond motifs is 1. The second-order valence-corrected chi connectivity index (χ2v) is 5.44. The number of phenolic OH excluding ortho intramolecular Hbond substituents is 1. The topological polar surface area (TPSA) is 49.5 Å². The normalized spacial score (nSPS) is 16.6. The Hall–Kier alpha value is -2.00.